The van der Waals surface area contributed by atoms with Crippen molar-refractivity contribution in [2.24, 2.45) is 0 Å². The van der Waals surface area contributed by atoms with Crippen molar-refractivity contribution in [1.29, 1.82) is 0 Å². The van der Waals surface area contributed by atoms with Gasteiger partial charge >= 0.3 is 6.03 Å². The maximum Gasteiger partial charge on any atom is 0.315 e. The van der Waals surface area contributed by atoms with Crippen LogP contribution in [0.25, 0.3) is 0 Å². The predicted molar refractivity (Wildman–Crippen MR) is 82.3 cm³/mol. The number of carbonyl (C=O) groups is 1. The normalized spacial score (nSPS) is 26.4. The molecular weight excluding hydrogens is 262 g/mol. The van der Waals surface area contributed by atoms with Crippen molar-refractivity contribution in [2.45, 2.75) is 49.6 Å². The van der Waals surface area contributed by atoms with Gasteiger partial charge in [0.1, 0.15) is 0 Å². The molecule has 2 amide bonds. The minimum atomic E-state index is 0.00304. The average Bonchev–Trinajstić information content (AvgIpc) is 3.26. The molecule has 1 atom stereocenters. The van der Waals surface area contributed by atoms with Crippen molar-refractivity contribution in [3.05, 3.63) is 35.4 Å². The van der Waals surface area contributed by atoms with Crippen LogP contribution < -0.4 is 16.0 Å². The Bertz CT molecular complexity index is 547. The Morgan fingerprint density at radius 2 is 1.90 bits per heavy atom. The van der Waals surface area contributed by atoms with Gasteiger partial charge in [-0.2, -0.15) is 0 Å². The monoisotopic (exact) mass is 285 g/mol. The average molecular weight is 285 g/mol. The molecule has 4 heteroatoms. The molecular formula is C17H23N3O. The van der Waals surface area contributed by atoms with Crippen LogP contribution in [0.3, 0.4) is 0 Å². The van der Waals surface area contributed by atoms with Crippen LogP contribution >= 0.6 is 0 Å². The third-order valence-electron chi connectivity index (χ3n) is 5.28. The first-order chi connectivity index (χ1) is 10.3. The molecule has 0 bridgehead atoms. The number of urea groups is 1. The van der Waals surface area contributed by atoms with E-state index in [1.807, 2.05) is 0 Å². The summed E-state index contributed by atoms with van der Waals surface area (Å²) in [6, 6.07) is 9.26. The molecule has 0 aromatic heterocycles. The largest absolute Gasteiger partial charge is 0.335 e. The van der Waals surface area contributed by atoms with Crippen LogP contribution in [0, 0.1) is 0 Å². The summed E-state index contributed by atoms with van der Waals surface area (Å²) in [6.45, 7) is 2.16. The molecule has 1 spiro atoms. The minimum Gasteiger partial charge on any atom is -0.335 e. The van der Waals surface area contributed by atoms with E-state index in [9.17, 15) is 4.79 Å². The smallest absolute Gasteiger partial charge is 0.315 e. The standard InChI is InChI=1S/C17H23N3O/c21-16(19-12-5-6-12)20-15-11-17(7-9-18-10-8-17)14-4-2-1-3-13(14)15/h1-4,12,15,18H,5-11H2,(H2,19,20,21)/t15-/m1/s1. The van der Waals surface area contributed by atoms with Gasteiger partial charge in [-0.1, -0.05) is 24.3 Å². The molecule has 3 aliphatic rings. The zero-order valence-corrected chi connectivity index (χ0v) is 12.3. The highest BCUT2D eigenvalue weighted by molar-refractivity contribution is 5.75. The summed E-state index contributed by atoms with van der Waals surface area (Å²) in [5.74, 6) is 0. The summed E-state index contributed by atoms with van der Waals surface area (Å²) in [7, 11) is 0. The van der Waals surface area contributed by atoms with E-state index in [4.69, 9.17) is 0 Å². The van der Waals surface area contributed by atoms with Gasteiger partial charge in [0.15, 0.2) is 0 Å². The highest BCUT2D eigenvalue weighted by Crippen LogP contribution is 2.49. The van der Waals surface area contributed by atoms with E-state index in [1.54, 1.807) is 0 Å². The second-order valence-corrected chi connectivity index (χ2v) is 6.77. The third-order valence-corrected chi connectivity index (χ3v) is 5.28. The molecule has 1 saturated heterocycles. The van der Waals surface area contributed by atoms with Crippen molar-refractivity contribution >= 4 is 6.03 Å². The van der Waals surface area contributed by atoms with Gasteiger partial charge in [-0.25, -0.2) is 4.79 Å². The molecule has 0 unspecified atom stereocenters. The fraction of sp³-hybridized carbons (Fsp3) is 0.588. The molecule has 4 nitrogen and oxygen atoms in total. The number of benzene rings is 1. The van der Waals surface area contributed by atoms with Gasteiger partial charge in [0.25, 0.3) is 0 Å². The maximum absolute atomic E-state index is 12.1. The van der Waals surface area contributed by atoms with E-state index >= 15 is 0 Å². The molecule has 1 aliphatic heterocycles. The summed E-state index contributed by atoms with van der Waals surface area (Å²) in [6.07, 6.45) is 5.65. The van der Waals surface area contributed by atoms with Crippen molar-refractivity contribution in [2.75, 3.05) is 13.1 Å². The molecule has 1 aromatic carbocycles. The number of carbonyl (C=O) groups excluding carboxylic acids is 1. The van der Waals surface area contributed by atoms with Gasteiger partial charge in [0.05, 0.1) is 6.04 Å². The molecule has 21 heavy (non-hydrogen) atoms. The van der Waals surface area contributed by atoms with Gasteiger partial charge in [0, 0.05) is 11.5 Å². The van der Waals surface area contributed by atoms with E-state index < -0.39 is 0 Å². The zero-order chi connectivity index (χ0) is 14.3. The van der Waals surface area contributed by atoms with Crippen LogP contribution in [-0.4, -0.2) is 25.2 Å². The Morgan fingerprint density at radius 1 is 1.14 bits per heavy atom. The number of piperidine rings is 1. The molecule has 1 aromatic rings. The summed E-state index contributed by atoms with van der Waals surface area (Å²) < 4.78 is 0. The van der Waals surface area contributed by atoms with Crippen LogP contribution in [0.5, 0.6) is 0 Å². The van der Waals surface area contributed by atoms with Crippen molar-refractivity contribution in [1.82, 2.24) is 16.0 Å². The number of amides is 2. The van der Waals surface area contributed by atoms with Crippen molar-refractivity contribution in [3.63, 3.8) is 0 Å². The lowest BCUT2D eigenvalue weighted by Crippen LogP contribution is -2.41. The van der Waals surface area contributed by atoms with E-state index in [0.717, 1.165) is 32.4 Å². The van der Waals surface area contributed by atoms with Crippen LogP contribution in [0.15, 0.2) is 24.3 Å². The Morgan fingerprint density at radius 3 is 2.67 bits per heavy atom. The third kappa shape index (κ3) is 2.42. The number of nitrogens with one attached hydrogen (secondary N) is 3. The van der Waals surface area contributed by atoms with Gasteiger partial charge in [-0.05, 0) is 56.3 Å². The lowest BCUT2D eigenvalue weighted by Gasteiger charge is -2.35. The quantitative estimate of drug-likeness (QED) is 0.780. The first-order valence-electron chi connectivity index (χ1n) is 8.14. The summed E-state index contributed by atoms with van der Waals surface area (Å²) in [4.78, 5) is 12.1. The maximum atomic E-state index is 12.1. The first-order valence-corrected chi connectivity index (χ1v) is 8.14. The van der Waals surface area contributed by atoms with E-state index in [2.05, 4.69) is 40.2 Å². The van der Waals surface area contributed by atoms with Gasteiger partial charge < -0.3 is 16.0 Å². The molecule has 112 valence electrons. The van der Waals surface area contributed by atoms with Crippen LogP contribution in [0.2, 0.25) is 0 Å². The highest BCUT2D eigenvalue weighted by atomic mass is 16.2. The second-order valence-electron chi connectivity index (χ2n) is 6.77. The summed E-state index contributed by atoms with van der Waals surface area (Å²) in [5.41, 5.74) is 3.05. The molecule has 4 rings (SSSR count). The van der Waals surface area contributed by atoms with E-state index in [0.29, 0.717) is 6.04 Å². The van der Waals surface area contributed by atoms with E-state index in [1.165, 1.54) is 24.0 Å². The molecule has 3 N–H and O–H groups in total. The Labute approximate surface area is 125 Å². The zero-order valence-electron chi connectivity index (χ0n) is 12.3. The molecule has 2 fully saturated rings. The van der Waals surface area contributed by atoms with Crippen molar-refractivity contribution in [3.8, 4) is 0 Å². The molecule has 1 heterocycles. The predicted octanol–water partition coefficient (Wildman–Crippen LogP) is 2.21. The fourth-order valence-corrected chi connectivity index (χ4v) is 4.02. The Hall–Kier alpha value is -1.55. The summed E-state index contributed by atoms with van der Waals surface area (Å²) >= 11 is 0. The highest BCUT2D eigenvalue weighted by Gasteiger charge is 2.44. The number of hydrogen-bond donors (Lipinski definition) is 3. The lowest BCUT2D eigenvalue weighted by molar-refractivity contribution is 0.231. The number of hydrogen-bond acceptors (Lipinski definition) is 2. The van der Waals surface area contributed by atoms with Gasteiger partial charge in [0.2, 0.25) is 0 Å². The van der Waals surface area contributed by atoms with Gasteiger partial charge in [-0.15, -0.1) is 0 Å². The lowest BCUT2D eigenvalue weighted by atomic mass is 9.74. The first kappa shape index (κ1) is 13.1. The summed E-state index contributed by atoms with van der Waals surface area (Å²) in [5, 5.41) is 9.71. The SMILES string of the molecule is O=C(NC1CC1)N[C@@H]1CC2(CCNCC2)c2ccccc21. The van der Waals surface area contributed by atoms with Gasteiger partial charge in [-0.3, -0.25) is 0 Å². The number of rotatable bonds is 2. The Balaban J connectivity index is 1.56. The van der Waals surface area contributed by atoms with Crippen LogP contribution in [-0.2, 0) is 5.41 Å². The topological polar surface area (TPSA) is 53.2 Å². The second kappa shape index (κ2) is 5.02. The van der Waals surface area contributed by atoms with E-state index in [-0.39, 0.29) is 17.5 Å². The Kier molecular flexibility index (Phi) is 3.14. The molecule has 1 saturated carbocycles. The molecule has 0 radical (unpaired) electrons. The molecule has 2 aliphatic carbocycles. The number of fused-ring (bicyclic) bond motifs is 2. The van der Waals surface area contributed by atoms with Crippen molar-refractivity contribution < 1.29 is 4.79 Å². The van der Waals surface area contributed by atoms with Crippen LogP contribution in [0.1, 0.15) is 49.3 Å². The van der Waals surface area contributed by atoms with Crippen LogP contribution in [0.4, 0.5) is 4.79 Å². The minimum absolute atomic E-state index is 0.00304. The fourth-order valence-electron chi connectivity index (χ4n) is 4.02.